The van der Waals surface area contributed by atoms with Gasteiger partial charge in [0.2, 0.25) is 5.91 Å². The Labute approximate surface area is 98.5 Å². The monoisotopic (exact) mass is 233 g/mol. The molecule has 1 aromatic carbocycles. The van der Waals surface area contributed by atoms with Crippen molar-refractivity contribution in [1.29, 1.82) is 0 Å². The Balaban J connectivity index is 2.44. The summed E-state index contributed by atoms with van der Waals surface area (Å²) in [5.41, 5.74) is 1.60. The number of fused-ring (bicyclic) bond motifs is 1. The number of nitrogens with zero attached hydrogens (tertiary/aromatic N) is 1. The Bertz CT molecular complexity index is 465. The average Bonchev–Trinajstić information content (AvgIpc) is 2.32. The topological polar surface area (TPSA) is 40.5 Å². The maximum atomic E-state index is 11.7. The van der Waals surface area contributed by atoms with E-state index in [4.69, 9.17) is 11.5 Å². The van der Waals surface area contributed by atoms with Crippen LogP contribution in [-0.4, -0.2) is 23.3 Å². The van der Waals surface area contributed by atoms with Crippen LogP contribution in [0.15, 0.2) is 23.1 Å². The number of rotatable bonds is 2. The molecule has 2 rings (SSSR count). The van der Waals surface area contributed by atoms with Gasteiger partial charge in [0.1, 0.15) is 0 Å². The van der Waals surface area contributed by atoms with Crippen molar-refractivity contribution < 1.29 is 9.90 Å². The normalized spacial score (nSPS) is 14.5. The summed E-state index contributed by atoms with van der Waals surface area (Å²) in [5, 5.41) is 9.07. The number of hydrogen-bond acceptors (Lipinski definition) is 3. The molecule has 0 spiro atoms. The number of terminal acetylenes is 1. The van der Waals surface area contributed by atoms with Gasteiger partial charge in [-0.3, -0.25) is 9.69 Å². The number of aliphatic hydroxyl groups is 1. The van der Waals surface area contributed by atoms with E-state index in [0.29, 0.717) is 5.75 Å². The minimum absolute atomic E-state index is 0.0190. The molecule has 82 valence electrons. The van der Waals surface area contributed by atoms with Crippen LogP contribution in [0.1, 0.15) is 5.56 Å². The third-order valence-electron chi connectivity index (χ3n) is 2.40. The van der Waals surface area contributed by atoms with Crippen molar-refractivity contribution in [2.24, 2.45) is 0 Å². The molecule has 16 heavy (non-hydrogen) atoms. The fraction of sp³-hybridized carbons (Fsp3) is 0.250. The average molecular weight is 233 g/mol. The predicted molar refractivity (Wildman–Crippen MR) is 64.3 cm³/mol. The first-order chi connectivity index (χ1) is 7.76. The zero-order valence-electron chi connectivity index (χ0n) is 8.64. The number of amides is 1. The standard InChI is InChI=1S/C12H11NO2S/c1-2-5-13-10-6-9(7-14)3-4-11(10)16-8-12(13)15/h1,3-4,6,14H,5,7-8H2. The molecule has 0 saturated heterocycles. The Kier molecular flexibility index (Phi) is 3.18. The third kappa shape index (κ3) is 1.92. The summed E-state index contributed by atoms with van der Waals surface area (Å²) in [6.07, 6.45) is 5.25. The molecule has 0 bridgehead atoms. The molecule has 1 aliphatic rings. The van der Waals surface area contributed by atoms with Gasteiger partial charge in [-0.25, -0.2) is 0 Å². The number of thioether (sulfide) groups is 1. The van der Waals surface area contributed by atoms with E-state index in [2.05, 4.69) is 5.92 Å². The molecule has 0 aliphatic carbocycles. The summed E-state index contributed by atoms with van der Waals surface area (Å²) in [7, 11) is 0. The smallest absolute Gasteiger partial charge is 0.238 e. The number of aliphatic hydroxyl groups excluding tert-OH is 1. The van der Waals surface area contributed by atoms with E-state index >= 15 is 0 Å². The molecule has 1 heterocycles. The lowest BCUT2D eigenvalue weighted by atomic mass is 10.2. The van der Waals surface area contributed by atoms with Crippen molar-refractivity contribution in [1.82, 2.24) is 0 Å². The van der Waals surface area contributed by atoms with Crippen LogP contribution in [0, 0.1) is 12.3 Å². The number of carbonyl (C=O) groups is 1. The highest BCUT2D eigenvalue weighted by molar-refractivity contribution is 8.00. The van der Waals surface area contributed by atoms with Crippen molar-refractivity contribution >= 4 is 23.4 Å². The van der Waals surface area contributed by atoms with Crippen molar-refractivity contribution in [2.75, 3.05) is 17.2 Å². The van der Waals surface area contributed by atoms with Crippen LogP contribution in [0.5, 0.6) is 0 Å². The van der Waals surface area contributed by atoms with Crippen LogP contribution in [-0.2, 0) is 11.4 Å². The van der Waals surface area contributed by atoms with Gasteiger partial charge in [-0.15, -0.1) is 18.2 Å². The number of hydrogen-bond donors (Lipinski definition) is 1. The number of carbonyl (C=O) groups excluding carboxylic acids is 1. The van der Waals surface area contributed by atoms with Crippen molar-refractivity contribution in [3.63, 3.8) is 0 Å². The molecule has 0 atom stereocenters. The van der Waals surface area contributed by atoms with E-state index in [-0.39, 0.29) is 19.1 Å². The summed E-state index contributed by atoms with van der Waals surface area (Å²) in [5.74, 6) is 2.92. The highest BCUT2D eigenvalue weighted by atomic mass is 32.2. The van der Waals surface area contributed by atoms with Gasteiger partial charge >= 0.3 is 0 Å². The minimum Gasteiger partial charge on any atom is -0.392 e. The maximum absolute atomic E-state index is 11.7. The highest BCUT2D eigenvalue weighted by Crippen LogP contribution is 2.35. The molecule has 1 aliphatic heterocycles. The number of benzene rings is 1. The van der Waals surface area contributed by atoms with Crippen LogP contribution in [0.3, 0.4) is 0 Å². The van der Waals surface area contributed by atoms with Crippen LogP contribution < -0.4 is 4.90 Å². The van der Waals surface area contributed by atoms with Crippen molar-refractivity contribution in [2.45, 2.75) is 11.5 Å². The lowest BCUT2D eigenvalue weighted by molar-refractivity contribution is -0.116. The summed E-state index contributed by atoms with van der Waals surface area (Å²) in [6.45, 7) is 0.247. The van der Waals surface area contributed by atoms with Crippen LogP contribution >= 0.6 is 11.8 Å². The van der Waals surface area contributed by atoms with Gasteiger partial charge in [0.15, 0.2) is 0 Å². The fourth-order valence-electron chi connectivity index (χ4n) is 1.61. The Morgan fingerprint density at radius 3 is 3.06 bits per heavy atom. The van der Waals surface area contributed by atoms with Gasteiger partial charge in [-0.05, 0) is 17.7 Å². The van der Waals surface area contributed by atoms with Crippen LogP contribution in [0.4, 0.5) is 5.69 Å². The zero-order valence-corrected chi connectivity index (χ0v) is 9.46. The molecule has 0 aromatic heterocycles. The second-order valence-electron chi connectivity index (χ2n) is 3.43. The molecular formula is C12H11NO2S. The SMILES string of the molecule is C#CCN1C(=O)CSc2ccc(CO)cc21. The van der Waals surface area contributed by atoms with Gasteiger partial charge in [0.05, 0.1) is 24.6 Å². The fourth-order valence-corrected chi connectivity index (χ4v) is 2.53. The lowest BCUT2D eigenvalue weighted by Crippen LogP contribution is -2.35. The quantitative estimate of drug-likeness (QED) is 0.782. The largest absolute Gasteiger partial charge is 0.392 e. The predicted octanol–water partition coefficient (Wildman–Crippen LogP) is 1.25. The first-order valence-corrected chi connectivity index (χ1v) is 5.85. The van der Waals surface area contributed by atoms with E-state index in [1.807, 2.05) is 18.2 Å². The Hall–Kier alpha value is -1.44. The third-order valence-corrected chi connectivity index (χ3v) is 3.45. The summed E-state index contributed by atoms with van der Waals surface area (Å²) in [4.78, 5) is 14.3. The highest BCUT2D eigenvalue weighted by Gasteiger charge is 2.23. The van der Waals surface area contributed by atoms with E-state index in [9.17, 15) is 4.79 Å². The van der Waals surface area contributed by atoms with E-state index < -0.39 is 0 Å². The second-order valence-corrected chi connectivity index (χ2v) is 4.45. The molecule has 1 N–H and O–H groups in total. The Morgan fingerprint density at radius 1 is 1.56 bits per heavy atom. The first kappa shape index (κ1) is 11.1. The summed E-state index contributed by atoms with van der Waals surface area (Å²) < 4.78 is 0. The molecular weight excluding hydrogens is 222 g/mol. The molecule has 3 nitrogen and oxygen atoms in total. The zero-order chi connectivity index (χ0) is 11.5. The van der Waals surface area contributed by atoms with Gasteiger partial charge in [-0.1, -0.05) is 12.0 Å². The van der Waals surface area contributed by atoms with Gasteiger partial charge < -0.3 is 5.11 Å². The van der Waals surface area contributed by atoms with Gasteiger partial charge in [0, 0.05) is 4.90 Å². The number of anilines is 1. The van der Waals surface area contributed by atoms with E-state index in [0.717, 1.165) is 16.1 Å². The molecule has 0 radical (unpaired) electrons. The molecule has 1 aromatic rings. The molecule has 0 saturated carbocycles. The Morgan fingerprint density at radius 2 is 2.38 bits per heavy atom. The summed E-state index contributed by atoms with van der Waals surface area (Å²) >= 11 is 1.50. The molecule has 0 fully saturated rings. The minimum atomic E-state index is -0.0317. The van der Waals surface area contributed by atoms with Gasteiger partial charge in [-0.2, -0.15) is 0 Å². The first-order valence-electron chi connectivity index (χ1n) is 4.86. The van der Waals surface area contributed by atoms with Crippen molar-refractivity contribution in [3.05, 3.63) is 23.8 Å². The van der Waals surface area contributed by atoms with E-state index in [1.165, 1.54) is 11.8 Å². The maximum Gasteiger partial charge on any atom is 0.238 e. The molecule has 4 heteroatoms. The van der Waals surface area contributed by atoms with Gasteiger partial charge in [0.25, 0.3) is 0 Å². The van der Waals surface area contributed by atoms with E-state index in [1.54, 1.807) is 4.90 Å². The molecule has 0 unspecified atom stereocenters. The molecule has 1 amide bonds. The van der Waals surface area contributed by atoms with Crippen LogP contribution in [0.2, 0.25) is 0 Å². The second kappa shape index (κ2) is 4.60. The lowest BCUT2D eigenvalue weighted by Gasteiger charge is -2.27. The summed E-state index contributed by atoms with van der Waals surface area (Å²) in [6, 6.07) is 5.59. The van der Waals surface area contributed by atoms with Crippen molar-refractivity contribution in [3.8, 4) is 12.3 Å². The van der Waals surface area contributed by atoms with Crippen LogP contribution in [0.25, 0.3) is 0 Å².